The number of nitrogens with zero attached hydrogens (tertiary/aromatic N) is 4. The van der Waals surface area contributed by atoms with E-state index in [1.165, 1.54) is 17.4 Å². The van der Waals surface area contributed by atoms with E-state index in [0.29, 0.717) is 6.32 Å². The van der Waals surface area contributed by atoms with Crippen LogP contribution in [-0.4, -0.2) is 27.2 Å². The summed E-state index contributed by atoms with van der Waals surface area (Å²) >= 11 is 1.52. The molecule has 3 heterocycles. The number of halogens is 1. The Morgan fingerprint density at radius 2 is 2.00 bits per heavy atom. The molecule has 0 amide bonds. The molecule has 3 aromatic heterocycles. The van der Waals surface area contributed by atoms with Gasteiger partial charge in [-0.05, 0) is 54.3 Å². The van der Waals surface area contributed by atoms with E-state index in [9.17, 15) is 4.39 Å². The minimum absolute atomic E-state index is 0.175. The van der Waals surface area contributed by atoms with Crippen LogP contribution in [0.1, 0.15) is 22.7 Å². The van der Waals surface area contributed by atoms with Crippen LogP contribution in [0.25, 0.3) is 10.9 Å². The molecule has 1 N–H and O–H groups in total. The fourth-order valence-corrected chi connectivity index (χ4v) is 4.04. The Morgan fingerprint density at radius 3 is 2.82 bits per heavy atom. The van der Waals surface area contributed by atoms with Crippen molar-refractivity contribution in [2.75, 3.05) is 5.23 Å². The number of benzene rings is 2. The second-order valence-corrected chi connectivity index (χ2v) is 8.26. The van der Waals surface area contributed by atoms with Crippen molar-refractivity contribution in [3.8, 4) is 11.8 Å². The maximum Gasteiger partial charge on any atom is 0.248 e. The van der Waals surface area contributed by atoms with Gasteiger partial charge < -0.3 is 5.23 Å². The van der Waals surface area contributed by atoms with E-state index in [1.54, 1.807) is 30.7 Å². The smallest absolute Gasteiger partial charge is 0.248 e. The number of thiazole rings is 1. The standard InChI is InChI=1S/C25H18BFN5S/c27-22-5-1-4-20(14-22)24(15-26-30-25-29-11-12-33-25)32-17-21-9-8-18(13-23(21)31-32)6-7-19-3-2-10-28-16-19/h1-5,8-14,16-17,24H,15H2,(H,29,30). The maximum atomic E-state index is 14.0. The minimum atomic E-state index is -0.268. The quantitative estimate of drug-likeness (QED) is 0.287. The lowest BCUT2D eigenvalue weighted by molar-refractivity contribution is 0.559. The van der Waals surface area contributed by atoms with Crippen LogP contribution in [0, 0.1) is 17.7 Å². The van der Waals surface area contributed by atoms with Gasteiger partial charge in [-0.25, -0.2) is 9.37 Å². The molecule has 1 atom stereocenters. The minimum Gasteiger partial charge on any atom is -0.409 e. The summed E-state index contributed by atoms with van der Waals surface area (Å²) in [6.45, 7) is 0. The van der Waals surface area contributed by atoms with Crippen LogP contribution in [0.15, 0.2) is 84.8 Å². The zero-order chi connectivity index (χ0) is 22.5. The molecule has 0 fully saturated rings. The molecule has 0 saturated heterocycles. The molecule has 8 heteroatoms. The molecule has 159 valence electrons. The van der Waals surface area contributed by atoms with E-state index in [-0.39, 0.29) is 11.9 Å². The predicted molar refractivity (Wildman–Crippen MR) is 131 cm³/mol. The van der Waals surface area contributed by atoms with Gasteiger partial charge in [0.2, 0.25) is 7.41 Å². The highest BCUT2D eigenvalue weighted by Gasteiger charge is 2.17. The van der Waals surface area contributed by atoms with Crippen molar-refractivity contribution in [2.24, 2.45) is 0 Å². The van der Waals surface area contributed by atoms with Gasteiger partial charge in [-0.3, -0.25) is 9.67 Å². The molecule has 1 radical (unpaired) electrons. The largest absolute Gasteiger partial charge is 0.409 e. The summed E-state index contributed by atoms with van der Waals surface area (Å²) in [5.41, 5.74) is 3.41. The van der Waals surface area contributed by atoms with Gasteiger partial charge in [0.25, 0.3) is 0 Å². The number of rotatable bonds is 6. The predicted octanol–water partition coefficient (Wildman–Crippen LogP) is 5.17. The normalized spacial score (nSPS) is 11.5. The molecule has 0 saturated carbocycles. The molecule has 0 aliphatic carbocycles. The van der Waals surface area contributed by atoms with E-state index in [1.807, 2.05) is 60.1 Å². The Kier molecular flexibility index (Phi) is 6.13. The molecule has 0 aliphatic rings. The summed E-state index contributed by atoms with van der Waals surface area (Å²) in [5, 5.41) is 11.7. The van der Waals surface area contributed by atoms with Gasteiger partial charge >= 0.3 is 0 Å². The Bertz CT molecular complexity index is 1420. The molecule has 2 aromatic carbocycles. The Morgan fingerprint density at radius 1 is 1.06 bits per heavy atom. The third-order valence-electron chi connectivity index (χ3n) is 5.09. The highest BCUT2D eigenvalue weighted by molar-refractivity contribution is 7.14. The molecule has 33 heavy (non-hydrogen) atoms. The molecule has 0 aliphatic heterocycles. The number of pyridine rings is 1. The second kappa shape index (κ2) is 9.68. The van der Waals surface area contributed by atoms with Gasteiger partial charge in [0.15, 0.2) is 5.13 Å². The van der Waals surface area contributed by atoms with Gasteiger partial charge in [0.05, 0.1) is 11.6 Å². The van der Waals surface area contributed by atoms with Crippen molar-refractivity contribution in [2.45, 2.75) is 12.4 Å². The fraction of sp³-hybridized carbons (Fsp3) is 0.0800. The molecule has 0 spiro atoms. The molecule has 1 unspecified atom stereocenters. The average molecular weight is 450 g/mol. The highest BCUT2D eigenvalue weighted by Crippen LogP contribution is 2.26. The van der Waals surface area contributed by atoms with Crippen LogP contribution in [0.3, 0.4) is 0 Å². The Hall–Kier alpha value is -3.96. The zero-order valence-corrected chi connectivity index (χ0v) is 18.3. The number of hydrogen-bond donors (Lipinski definition) is 1. The zero-order valence-electron chi connectivity index (χ0n) is 17.5. The van der Waals surface area contributed by atoms with Gasteiger partial charge in [-0.15, -0.1) is 11.3 Å². The van der Waals surface area contributed by atoms with Crippen molar-refractivity contribution in [3.63, 3.8) is 0 Å². The summed E-state index contributed by atoms with van der Waals surface area (Å²) in [7, 11) is 1.94. The van der Waals surface area contributed by atoms with Crippen molar-refractivity contribution in [3.05, 3.63) is 107 Å². The fourth-order valence-electron chi connectivity index (χ4n) is 3.52. The van der Waals surface area contributed by atoms with Crippen LogP contribution in [0.4, 0.5) is 9.52 Å². The van der Waals surface area contributed by atoms with Crippen LogP contribution in [0.5, 0.6) is 0 Å². The topological polar surface area (TPSA) is 55.6 Å². The van der Waals surface area contributed by atoms with Crippen molar-refractivity contribution >= 4 is 34.8 Å². The summed E-state index contributed by atoms with van der Waals surface area (Å²) in [6, 6.07) is 16.2. The summed E-state index contributed by atoms with van der Waals surface area (Å²) in [5.74, 6) is 6.02. The number of nitrogens with one attached hydrogen (secondary N) is 1. The van der Waals surface area contributed by atoms with Crippen LogP contribution < -0.4 is 5.23 Å². The highest BCUT2D eigenvalue weighted by atomic mass is 32.1. The monoisotopic (exact) mass is 450 g/mol. The number of hydrogen-bond acceptors (Lipinski definition) is 5. The molecule has 0 bridgehead atoms. The first-order chi connectivity index (χ1) is 16.2. The SMILES string of the molecule is Fc1cccc(C(C[B]Nc2nccs2)n2cc3ccc(C#Cc4cccnc4)cc3n2)c1. The third kappa shape index (κ3) is 5.11. The van der Waals surface area contributed by atoms with Gasteiger partial charge in [0.1, 0.15) is 5.82 Å². The third-order valence-corrected chi connectivity index (χ3v) is 5.79. The first-order valence-corrected chi connectivity index (χ1v) is 11.3. The molecular formula is C25H18BFN5S. The second-order valence-electron chi connectivity index (χ2n) is 7.37. The first-order valence-electron chi connectivity index (χ1n) is 10.4. The molecular weight excluding hydrogens is 432 g/mol. The van der Waals surface area contributed by atoms with Crippen molar-refractivity contribution in [1.29, 1.82) is 0 Å². The number of fused-ring (bicyclic) bond motifs is 1. The van der Waals surface area contributed by atoms with Crippen LogP contribution >= 0.6 is 11.3 Å². The van der Waals surface area contributed by atoms with E-state index in [0.717, 1.165) is 32.7 Å². The molecule has 5 aromatic rings. The average Bonchev–Trinajstić information content (AvgIpc) is 3.50. The van der Waals surface area contributed by atoms with Gasteiger partial charge in [-0.2, -0.15) is 5.10 Å². The lowest BCUT2D eigenvalue weighted by atomic mass is 9.82. The van der Waals surface area contributed by atoms with Gasteiger partial charge in [0, 0.05) is 46.7 Å². The van der Waals surface area contributed by atoms with E-state index >= 15 is 0 Å². The summed E-state index contributed by atoms with van der Waals surface area (Å²) in [4.78, 5) is 8.32. The van der Waals surface area contributed by atoms with E-state index < -0.39 is 0 Å². The number of aromatic nitrogens is 4. The lowest BCUT2D eigenvalue weighted by Crippen LogP contribution is -2.17. The van der Waals surface area contributed by atoms with Gasteiger partial charge in [-0.1, -0.05) is 24.0 Å². The lowest BCUT2D eigenvalue weighted by Gasteiger charge is -2.18. The van der Waals surface area contributed by atoms with Crippen molar-refractivity contribution in [1.82, 2.24) is 19.7 Å². The van der Waals surface area contributed by atoms with Crippen LogP contribution in [0.2, 0.25) is 6.32 Å². The summed E-state index contributed by atoms with van der Waals surface area (Å²) < 4.78 is 15.9. The Balaban J connectivity index is 1.43. The maximum absolute atomic E-state index is 14.0. The van der Waals surface area contributed by atoms with Crippen LogP contribution in [-0.2, 0) is 0 Å². The first kappa shape index (κ1) is 20.9. The van der Waals surface area contributed by atoms with Crippen molar-refractivity contribution < 1.29 is 4.39 Å². The molecule has 5 rings (SSSR count). The Labute approximate surface area is 195 Å². The molecule has 5 nitrogen and oxygen atoms in total. The van der Waals surface area contributed by atoms with E-state index in [2.05, 4.69) is 27.0 Å². The van der Waals surface area contributed by atoms with E-state index in [4.69, 9.17) is 5.10 Å². The summed E-state index contributed by atoms with van der Waals surface area (Å²) in [6.07, 6.45) is 7.80. The number of anilines is 1.